The van der Waals surface area contributed by atoms with E-state index >= 15 is 0 Å². The number of aromatic nitrogens is 16. The third-order valence-electron chi connectivity index (χ3n) is 27.5. The molecular weight excluding hydrogens is 1810 g/mol. The molecule has 0 spiro atoms. The predicted octanol–water partition coefficient (Wildman–Crippen LogP) is 24.7. The van der Waals surface area contributed by atoms with Crippen molar-refractivity contribution in [2.24, 2.45) is 71.0 Å². The third-order valence-corrected chi connectivity index (χ3v) is 27.5. The molecule has 16 atom stereocenters. The van der Waals surface area contributed by atoms with Gasteiger partial charge in [-0.25, -0.2) is 115 Å². The summed E-state index contributed by atoms with van der Waals surface area (Å²) in [6.07, 6.45) is 18.4. The Bertz CT molecular complexity index is 5500. The molecule has 0 unspecified atom stereocenters. The summed E-state index contributed by atoms with van der Waals surface area (Å²) in [5.74, 6) is 2.02. The first-order valence-electron chi connectivity index (χ1n) is 47.0. The van der Waals surface area contributed by atoms with Gasteiger partial charge in [0.05, 0.1) is 23.7 Å². The standard InChI is InChI=1S/4C26H29F2N5O2/c4*1-14-8-18(11-20(9-14)32-26-29-7-6-22(33-26)23(27)28)19-12-30-24(31-13-19)16(3)17-4-5-21(25(34)35)15(2)10-17/h4*6-9,11-13,15-17,21,23H,4-5,10H2,1-3H3,(H,34,35)(H,29,32,33)/t2*15-,16+,17+,21+;2*15-,16-,17+,21+/m1010/s1. The molecule has 140 heavy (non-hydrogen) atoms. The molecule has 0 saturated heterocycles. The van der Waals surface area contributed by atoms with Gasteiger partial charge in [-0.15, -0.1) is 0 Å². The number of halogens is 8. The van der Waals surface area contributed by atoms with E-state index in [1.54, 1.807) is 49.6 Å². The average molecular weight is 1930 g/mol. The zero-order valence-corrected chi connectivity index (χ0v) is 79.8. The fraction of sp³-hybridized carbons (Fsp3) is 0.423. The second-order valence-corrected chi connectivity index (χ2v) is 37.7. The van der Waals surface area contributed by atoms with Gasteiger partial charge in [0.1, 0.15) is 46.1 Å². The Morgan fingerprint density at radius 1 is 0.279 bits per heavy atom. The van der Waals surface area contributed by atoms with Crippen molar-refractivity contribution in [1.82, 2.24) is 79.7 Å². The maximum Gasteiger partial charge on any atom is 0.306 e. The van der Waals surface area contributed by atoms with Gasteiger partial charge in [0.2, 0.25) is 23.8 Å². The lowest BCUT2D eigenvalue weighted by Gasteiger charge is -2.34. The van der Waals surface area contributed by atoms with Crippen LogP contribution >= 0.6 is 0 Å². The van der Waals surface area contributed by atoms with E-state index in [1.807, 2.05) is 128 Å². The van der Waals surface area contributed by atoms with Crippen molar-refractivity contribution in [1.29, 1.82) is 0 Å². The van der Waals surface area contributed by atoms with Crippen molar-refractivity contribution in [2.45, 2.75) is 210 Å². The van der Waals surface area contributed by atoms with Crippen LogP contribution in [-0.4, -0.2) is 124 Å². The number of rotatable bonds is 28. The average Bonchev–Trinajstić information content (AvgIpc) is 0.819. The molecular formula is C104H116F8N20O8. The minimum atomic E-state index is -2.67. The summed E-state index contributed by atoms with van der Waals surface area (Å²) < 4.78 is 104. The van der Waals surface area contributed by atoms with Crippen molar-refractivity contribution in [3.63, 3.8) is 0 Å². The molecule has 8 aromatic heterocycles. The van der Waals surface area contributed by atoms with E-state index < -0.39 is 49.6 Å². The number of nitrogens with one attached hydrogen (secondary N) is 4. The van der Waals surface area contributed by atoms with Crippen LogP contribution in [0.3, 0.4) is 0 Å². The Morgan fingerprint density at radius 2 is 0.464 bits per heavy atom. The summed E-state index contributed by atoms with van der Waals surface area (Å²) in [6.45, 7) is 24.2. The van der Waals surface area contributed by atoms with E-state index in [1.165, 1.54) is 49.1 Å². The van der Waals surface area contributed by atoms with Gasteiger partial charge in [-0.2, -0.15) is 0 Å². The molecule has 0 bridgehead atoms. The van der Waals surface area contributed by atoms with Crippen LogP contribution in [0.2, 0.25) is 0 Å². The van der Waals surface area contributed by atoms with Gasteiger partial charge in [-0.1, -0.05) is 79.7 Å². The largest absolute Gasteiger partial charge is 0.481 e. The number of carbonyl (C=O) groups is 4. The van der Waals surface area contributed by atoms with Gasteiger partial charge in [0.15, 0.2) is 0 Å². The summed E-state index contributed by atoms with van der Waals surface area (Å²) in [4.78, 5) is 114. The van der Waals surface area contributed by atoms with E-state index in [-0.39, 0.29) is 118 Å². The first-order chi connectivity index (χ1) is 66.8. The number of hydrogen-bond acceptors (Lipinski definition) is 24. The molecule has 4 aliphatic carbocycles. The molecule has 8 heterocycles. The lowest BCUT2D eigenvalue weighted by molar-refractivity contribution is -0.146. The van der Waals surface area contributed by atoms with Crippen molar-refractivity contribution in [3.05, 3.63) is 240 Å². The van der Waals surface area contributed by atoms with E-state index in [0.717, 1.165) is 141 Å². The smallest absolute Gasteiger partial charge is 0.306 e. The Kier molecular flexibility index (Phi) is 34.8. The first-order valence-corrected chi connectivity index (χ1v) is 47.0. The highest BCUT2D eigenvalue weighted by Gasteiger charge is 2.40. The minimum Gasteiger partial charge on any atom is -0.481 e. The normalized spacial score (nSPS) is 21.0. The Hall–Kier alpha value is -14.0. The molecule has 4 aromatic carbocycles. The van der Waals surface area contributed by atoms with Gasteiger partial charge in [0.25, 0.3) is 25.7 Å². The van der Waals surface area contributed by atoms with Gasteiger partial charge >= 0.3 is 23.9 Å². The van der Waals surface area contributed by atoms with Crippen LogP contribution < -0.4 is 21.3 Å². The van der Waals surface area contributed by atoms with Crippen LogP contribution in [-0.2, 0) is 19.2 Å². The van der Waals surface area contributed by atoms with Gasteiger partial charge in [-0.05, 0) is 269 Å². The number of carboxylic acids is 4. The molecule has 16 rings (SSSR count). The summed E-state index contributed by atoms with van der Waals surface area (Å²) in [5.41, 5.74) is 12.1. The van der Waals surface area contributed by atoms with Crippen molar-refractivity contribution >= 4 is 70.4 Å². The molecule has 28 nitrogen and oxygen atoms in total. The van der Waals surface area contributed by atoms with E-state index in [9.17, 15) is 74.7 Å². The second kappa shape index (κ2) is 47.1. The van der Waals surface area contributed by atoms with E-state index in [2.05, 4.69) is 129 Å². The predicted molar refractivity (Wildman–Crippen MR) is 514 cm³/mol. The highest BCUT2D eigenvalue weighted by Crippen LogP contribution is 2.46. The third kappa shape index (κ3) is 27.3. The lowest BCUT2D eigenvalue weighted by atomic mass is 9.71. The SMILES string of the molecule is Cc1cc(Nc2nccc(C(F)F)n2)cc(-c2cnc([C@@H](C)[C@@H]3CC[C@@H](C(=O)O)[C@@H](C)C3)nc2)c1.Cc1cc(Nc2nccc(C(F)F)n2)cc(-c2cnc([C@@H](C)[C@H]3CC[C@H](C(=O)O)[C@H](C)C3)nc2)c1.Cc1cc(Nc2nccc(C(F)F)n2)cc(-c2cnc([C@H](C)[C@@H]3CC[C@@H](C(=O)O)[C@@H](C)C3)nc2)c1.Cc1cc(Nc2nccc(C(F)F)n2)cc(-c2cnc([C@H](C)[C@H]3CC[C@H](C(=O)O)[C@H](C)C3)nc2)c1. The Morgan fingerprint density at radius 3 is 0.629 bits per heavy atom. The Balaban J connectivity index is 0.000000157. The minimum absolute atomic E-state index is 0.103. The van der Waals surface area contributed by atoms with Crippen LogP contribution in [0, 0.1) is 98.7 Å². The summed E-state index contributed by atoms with van der Waals surface area (Å²) >= 11 is 0. The fourth-order valence-corrected chi connectivity index (χ4v) is 19.6. The molecule has 36 heteroatoms. The summed E-state index contributed by atoms with van der Waals surface area (Å²) in [5, 5.41) is 49.5. The lowest BCUT2D eigenvalue weighted by Crippen LogP contribution is -2.31. The Labute approximate surface area is 806 Å². The molecule has 736 valence electrons. The summed E-state index contributed by atoms with van der Waals surface area (Å²) in [6, 6.07) is 27.8. The number of benzene rings is 4. The fourth-order valence-electron chi connectivity index (χ4n) is 19.6. The van der Waals surface area contributed by atoms with Crippen molar-refractivity contribution < 1.29 is 74.7 Å². The highest BCUT2D eigenvalue weighted by atomic mass is 19.3. The van der Waals surface area contributed by atoms with Crippen molar-refractivity contribution in [3.8, 4) is 44.5 Å². The maximum atomic E-state index is 13.0. The molecule has 4 aliphatic rings. The van der Waals surface area contributed by atoms with Gasteiger partial charge in [0, 0.05) is 143 Å². The molecule has 0 aliphatic heterocycles. The molecule has 12 aromatic rings. The van der Waals surface area contributed by atoms with Crippen LogP contribution in [0.4, 0.5) is 81.7 Å². The number of hydrogen-bond donors (Lipinski definition) is 8. The zero-order valence-electron chi connectivity index (χ0n) is 79.8. The highest BCUT2D eigenvalue weighted by molar-refractivity contribution is 5.76. The first kappa shape index (κ1) is 103. The number of alkyl halides is 8. The number of nitrogens with zero attached hydrogens (tertiary/aromatic N) is 16. The second-order valence-electron chi connectivity index (χ2n) is 37.7. The summed E-state index contributed by atoms with van der Waals surface area (Å²) in [7, 11) is 0. The molecule has 4 fully saturated rings. The molecule has 4 saturated carbocycles. The number of aryl methyl sites for hydroxylation is 4. The molecule has 0 amide bonds. The van der Waals surface area contributed by atoms with E-state index in [0.29, 0.717) is 72.1 Å². The quantitative estimate of drug-likeness (QED) is 0.0211. The van der Waals surface area contributed by atoms with Crippen LogP contribution in [0.5, 0.6) is 0 Å². The van der Waals surface area contributed by atoms with E-state index in [4.69, 9.17) is 0 Å². The van der Waals surface area contributed by atoms with Crippen LogP contribution in [0.25, 0.3) is 44.5 Å². The molecule has 8 N–H and O–H groups in total. The monoisotopic (exact) mass is 1920 g/mol. The van der Waals surface area contributed by atoms with Gasteiger partial charge in [-0.3, -0.25) is 19.2 Å². The number of anilines is 8. The van der Waals surface area contributed by atoms with Crippen LogP contribution in [0.1, 0.15) is 250 Å². The van der Waals surface area contributed by atoms with Crippen molar-refractivity contribution in [2.75, 3.05) is 21.3 Å². The van der Waals surface area contributed by atoms with Crippen LogP contribution in [0.15, 0.2) is 171 Å². The zero-order chi connectivity index (χ0) is 100. The number of carboxylic acid groups (broad SMARTS) is 4. The number of aliphatic carboxylic acids is 4. The maximum absolute atomic E-state index is 13.0. The topological polar surface area (TPSA) is 404 Å². The van der Waals surface area contributed by atoms with Gasteiger partial charge < -0.3 is 41.7 Å². The molecule has 0 radical (unpaired) electrons.